The average molecular weight is 594 g/mol. The van der Waals surface area contributed by atoms with Crippen LogP contribution in [0, 0.1) is 12.3 Å². The molecule has 0 radical (unpaired) electrons. The van der Waals surface area contributed by atoms with E-state index in [9.17, 15) is 9.90 Å². The van der Waals surface area contributed by atoms with Gasteiger partial charge in [-0.3, -0.25) is 4.98 Å². The van der Waals surface area contributed by atoms with Gasteiger partial charge in [0.15, 0.2) is 11.8 Å². The van der Waals surface area contributed by atoms with Gasteiger partial charge in [-0.15, -0.1) is 0 Å². The minimum atomic E-state index is -1.18. The maximum Gasteiger partial charge on any atom is 0.337 e. The Kier molecular flexibility index (Phi) is 8.05. The molecule has 3 aliphatic heterocycles. The largest absolute Gasteiger partial charge is 0.479 e. The summed E-state index contributed by atoms with van der Waals surface area (Å²) in [7, 11) is 0. The van der Waals surface area contributed by atoms with Crippen molar-refractivity contribution in [3.63, 3.8) is 0 Å². The zero-order valence-corrected chi connectivity index (χ0v) is 26.5. The van der Waals surface area contributed by atoms with Crippen molar-refractivity contribution in [2.45, 2.75) is 84.8 Å². The van der Waals surface area contributed by atoms with Crippen LogP contribution < -0.4 is 4.90 Å². The summed E-state index contributed by atoms with van der Waals surface area (Å²) in [5.74, 6) is -0.266. The van der Waals surface area contributed by atoms with Crippen molar-refractivity contribution < 1.29 is 14.6 Å². The SMILES string of the molecule is Cc1nc2cc3nn2c(c1C(OC(C)(C)C)C(=O)O)N1CCC(C)(CCC=CCCc2ccncc2-c2cccc-3c2)CC1. The van der Waals surface area contributed by atoms with Crippen LogP contribution in [0.15, 0.2) is 60.9 Å². The standard InChI is InChI=1S/C36H43N5O3/c1-24-31(32(34(42)43)44-35(2,3)4)33-40-19-16-36(5,17-20-40)15-9-7-6-8-11-25-14-18-37-23-28(25)26-12-10-13-27(21-26)29-22-30(38-24)41(33)39-29/h6-7,10,12-14,18,21-23,32H,8-9,11,15-17,19-20H2,1-5H3,(H,42,43). The van der Waals surface area contributed by atoms with Crippen molar-refractivity contribution >= 4 is 17.4 Å². The highest BCUT2D eigenvalue weighted by molar-refractivity contribution is 5.79. The fourth-order valence-corrected chi connectivity index (χ4v) is 6.62. The van der Waals surface area contributed by atoms with Crippen molar-refractivity contribution in [2.75, 3.05) is 18.0 Å². The van der Waals surface area contributed by atoms with Gasteiger partial charge in [0.05, 0.1) is 16.9 Å². The van der Waals surface area contributed by atoms with Gasteiger partial charge in [0.2, 0.25) is 0 Å². The summed E-state index contributed by atoms with van der Waals surface area (Å²) in [4.78, 5) is 24.4. The molecule has 1 N–H and O–H groups in total. The number of carboxylic acid groups (broad SMARTS) is 1. The Balaban J connectivity index is 1.55. The zero-order chi connectivity index (χ0) is 31.1. The molecule has 230 valence electrons. The highest BCUT2D eigenvalue weighted by Gasteiger charge is 2.37. The summed E-state index contributed by atoms with van der Waals surface area (Å²) >= 11 is 0. The van der Waals surface area contributed by atoms with Crippen LogP contribution in [0.4, 0.5) is 5.82 Å². The number of aliphatic carboxylic acids is 1. The predicted molar refractivity (Wildman–Crippen MR) is 174 cm³/mol. The number of nitrogens with zero attached hydrogens (tertiary/aromatic N) is 5. The fourth-order valence-electron chi connectivity index (χ4n) is 6.62. The summed E-state index contributed by atoms with van der Waals surface area (Å²) in [5, 5.41) is 15.6. The van der Waals surface area contributed by atoms with E-state index in [-0.39, 0.29) is 5.41 Å². The van der Waals surface area contributed by atoms with E-state index in [1.165, 1.54) is 5.56 Å². The topological polar surface area (TPSA) is 92.8 Å². The van der Waals surface area contributed by atoms with E-state index in [1.807, 2.05) is 50.7 Å². The molecule has 3 aliphatic rings. The number of rotatable bonds is 3. The highest BCUT2D eigenvalue weighted by Crippen LogP contribution is 2.41. The van der Waals surface area contributed by atoms with Gasteiger partial charge in [-0.2, -0.15) is 9.61 Å². The van der Waals surface area contributed by atoms with Crippen LogP contribution in [0.3, 0.4) is 0 Å². The zero-order valence-electron chi connectivity index (χ0n) is 26.5. The fraction of sp³-hybridized carbons (Fsp3) is 0.444. The monoisotopic (exact) mass is 593 g/mol. The number of allylic oxidation sites excluding steroid dienone is 2. The molecule has 1 fully saturated rings. The molecule has 0 saturated carbocycles. The molecule has 1 atom stereocenters. The number of hydrogen-bond acceptors (Lipinski definition) is 6. The lowest BCUT2D eigenvalue weighted by Gasteiger charge is -2.41. The van der Waals surface area contributed by atoms with Gasteiger partial charge in [-0.25, -0.2) is 9.78 Å². The molecule has 8 nitrogen and oxygen atoms in total. The smallest absolute Gasteiger partial charge is 0.337 e. The minimum absolute atomic E-state index is 0.214. The van der Waals surface area contributed by atoms with Gasteiger partial charge in [0.25, 0.3) is 0 Å². The summed E-state index contributed by atoms with van der Waals surface area (Å²) in [6, 6.07) is 12.5. The van der Waals surface area contributed by atoms with E-state index in [0.29, 0.717) is 16.9 Å². The van der Waals surface area contributed by atoms with Crippen molar-refractivity contribution in [2.24, 2.45) is 5.41 Å². The lowest BCUT2D eigenvalue weighted by molar-refractivity contribution is -0.160. The van der Waals surface area contributed by atoms with Crippen LogP contribution in [-0.2, 0) is 16.0 Å². The number of ether oxygens (including phenoxy) is 1. The summed E-state index contributed by atoms with van der Waals surface area (Å²) in [6.45, 7) is 11.5. The number of piperidine rings is 1. The Hall–Kier alpha value is -4.04. The van der Waals surface area contributed by atoms with E-state index < -0.39 is 17.7 Å². The number of carboxylic acids is 1. The van der Waals surface area contributed by atoms with Crippen LogP contribution in [0.1, 0.15) is 82.7 Å². The van der Waals surface area contributed by atoms with Gasteiger partial charge in [-0.05, 0) is 94.9 Å². The molecule has 1 aromatic carbocycles. The molecule has 0 aliphatic carbocycles. The first kappa shape index (κ1) is 30.0. The third kappa shape index (κ3) is 6.13. The molecule has 0 amide bonds. The molecule has 0 spiro atoms. The van der Waals surface area contributed by atoms with Gasteiger partial charge >= 0.3 is 5.97 Å². The molecule has 3 aromatic heterocycles. The number of anilines is 1. The number of fused-ring (bicyclic) bond motifs is 6. The van der Waals surface area contributed by atoms with E-state index >= 15 is 0 Å². The van der Waals surface area contributed by atoms with Gasteiger partial charge in [0.1, 0.15) is 5.82 Å². The Morgan fingerprint density at radius 3 is 2.55 bits per heavy atom. The van der Waals surface area contributed by atoms with Crippen LogP contribution in [-0.4, -0.2) is 49.3 Å². The average Bonchev–Trinajstić information content (AvgIpc) is 3.41. The first-order valence-corrected chi connectivity index (χ1v) is 15.8. The molecule has 44 heavy (non-hydrogen) atoms. The second kappa shape index (κ2) is 11.8. The van der Waals surface area contributed by atoms with Gasteiger partial charge < -0.3 is 14.7 Å². The summed E-state index contributed by atoms with van der Waals surface area (Å²) in [5.41, 5.74) is 6.70. The Labute approximate surface area is 259 Å². The molecule has 6 heterocycles. The summed E-state index contributed by atoms with van der Waals surface area (Å²) < 4.78 is 8.05. The van der Waals surface area contributed by atoms with Crippen molar-refractivity contribution in [1.29, 1.82) is 0 Å². The predicted octanol–water partition coefficient (Wildman–Crippen LogP) is 7.60. The maximum absolute atomic E-state index is 12.8. The first-order valence-electron chi connectivity index (χ1n) is 15.8. The maximum atomic E-state index is 12.8. The molecule has 4 aromatic rings. The van der Waals surface area contributed by atoms with Crippen LogP contribution >= 0.6 is 0 Å². The number of hydrogen-bond donors (Lipinski definition) is 1. The second-order valence-corrected chi connectivity index (χ2v) is 13.6. The minimum Gasteiger partial charge on any atom is -0.479 e. The van der Waals surface area contributed by atoms with Crippen LogP contribution in [0.2, 0.25) is 0 Å². The van der Waals surface area contributed by atoms with Crippen molar-refractivity contribution in [3.8, 4) is 22.4 Å². The Bertz CT molecular complexity index is 1710. The molecule has 7 rings (SSSR count). The molecule has 1 saturated heterocycles. The molecule has 1 unspecified atom stereocenters. The number of aromatic nitrogens is 4. The normalized spacial score (nSPS) is 17.6. The third-order valence-corrected chi connectivity index (χ3v) is 9.07. The van der Waals surface area contributed by atoms with Crippen LogP contribution in [0.5, 0.6) is 0 Å². The van der Waals surface area contributed by atoms with E-state index in [1.54, 1.807) is 0 Å². The van der Waals surface area contributed by atoms with Gasteiger partial charge in [0, 0.05) is 48.4 Å². The second-order valence-electron chi connectivity index (χ2n) is 13.6. The lowest BCUT2D eigenvalue weighted by Crippen LogP contribution is -2.41. The Morgan fingerprint density at radius 2 is 1.80 bits per heavy atom. The van der Waals surface area contributed by atoms with Crippen LogP contribution in [0.25, 0.3) is 28.0 Å². The van der Waals surface area contributed by atoms with Crippen molar-refractivity contribution in [3.05, 3.63) is 77.8 Å². The summed E-state index contributed by atoms with van der Waals surface area (Å²) in [6.07, 6.45) is 13.4. The molecule has 8 heteroatoms. The molecule has 6 bridgehead atoms. The quantitative estimate of drug-likeness (QED) is 0.245. The van der Waals surface area contributed by atoms with E-state index in [4.69, 9.17) is 14.8 Å². The Morgan fingerprint density at radius 1 is 1.05 bits per heavy atom. The van der Waals surface area contributed by atoms with Gasteiger partial charge in [-0.1, -0.05) is 37.3 Å². The molecular formula is C36H43N5O3. The highest BCUT2D eigenvalue weighted by atomic mass is 16.5. The number of benzene rings is 1. The number of carbonyl (C=O) groups is 1. The molecular weight excluding hydrogens is 550 g/mol. The first-order chi connectivity index (χ1) is 21.0. The number of pyridine rings is 1. The van der Waals surface area contributed by atoms with E-state index in [2.05, 4.69) is 59.3 Å². The van der Waals surface area contributed by atoms with Crippen molar-refractivity contribution in [1.82, 2.24) is 19.6 Å². The third-order valence-electron chi connectivity index (χ3n) is 9.07. The van der Waals surface area contributed by atoms with E-state index in [0.717, 1.165) is 79.8 Å². The number of aryl methyl sites for hydroxylation is 2. The lowest BCUT2D eigenvalue weighted by atomic mass is 9.76.